The highest BCUT2D eigenvalue weighted by molar-refractivity contribution is 7.98. The van der Waals surface area contributed by atoms with Gasteiger partial charge in [0.1, 0.15) is 0 Å². The minimum Gasteiger partial charge on any atom is -0.298 e. The molecule has 0 saturated carbocycles. The van der Waals surface area contributed by atoms with Crippen LogP contribution in [0, 0.1) is 0 Å². The van der Waals surface area contributed by atoms with E-state index in [1.54, 1.807) is 23.1 Å². The van der Waals surface area contributed by atoms with Gasteiger partial charge >= 0.3 is 0 Å². The molecule has 1 nitrogen and oxygen atoms in total. The summed E-state index contributed by atoms with van der Waals surface area (Å²) in [5.41, 5.74) is 1.90. The van der Waals surface area contributed by atoms with Crippen LogP contribution in [0.5, 0.6) is 0 Å². The maximum atomic E-state index is 10.8. The Morgan fingerprint density at radius 2 is 2.20 bits per heavy atom. The van der Waals surface area contributed by atoms with E-state index >= 15 is 0 Å². The molecule has 3 heteroatoms. The van der Waals surface area contributed by atoms with Gasteiger partial charge in [-0.25, -0.2) is 0 Å². The molecule has 0 atom stereocenters. The van der Waals surface area contributed by atoms with Crippen LogP contribution in [0.3, 0.4) is 0 Å². The first-order valence-electron chi connectivity index (χ1n) is 4.52. The van der Waals surface area contributed by atoms with Crippen LogP contribution in [0.1, 0.15) is 10.4 Å². The lowest BCUT2D eigenvalue weighted by Crippen LogP contribution is -1.80. The molecule has 0 spiro atoms. The first-order chi connectivity index (χ1) is 7.35. The van der Waals surface area contributed by atoms with Crippen molar-refractivity contribution in [3.05, 3.63) is 41.3 Å². The van der Waals surface area contributed by atoms with Gasteiger partial charge in [0.15, 0.2) is 6.29 Å². The van der Waals surface area contributed by atoms with Crippen molar-refractivity contribution < 1.29 is 4.79 Å². The lowest BCUT2D eigenvalue weighted by atomic mass is 10.1. The normalized spacial score (nSPS) is 10.2. The predicted octanol–water partition coefficient (Wildman–Crippen LogP) is 3.95. The van der Waals surface area contributed by atoms with E-state index in [9.17, 15) is 4.79 Å². The van der Waals surface area contributed by atoms with Crippen LogP contribution in [-0.4, -0.2) is 12.5 Å². The topological polar surface area (TPSA) is 17.1 Å². The van der Waals surface area contributed by atoms with Crippen molar-refractivity contribution in [1.82, 2.24) is 0 Å². The number of rotatable bonds is 3. The molecule has 2 rings (SSSR count). The summed E-state index contributed by atoms with van der Waals surface area (Å²) in [7, 11) is 0. The molecule has 0 aliphatic rings. The van der Waals surface area contributed by atoms with Gasteiger partial charge in [-0.2, -0.15) is 0 Å². The zero-order chi connectivity index (χ0) is 10.7. The molecule has 0 N–H and O–H groups in total. The highest BCUT2D eigenvalue weighted by Gasteiger charge is 2.06. The molecule has 1 aromatic carbocycles. The number of thioether (sulfide) groups is 1. The van der Waals surface area contributed by atoms with Crippen molar-refractivity contribution in [2.75, 3.05) is 6.26 Å². The van der Waals surface area contributed by atoms with E-state index in [1.165, 1.54) is 4.90 Å². The highest BCUT2D eigenvalue weighted by Crippen LogP contribution is 2.30. The van der Waals surface area contributed by atoms with E-state index in [-0.39, 0.29) is 0 Å². The maximum absolute atomic E-state index is 10.8. The van der Waals surface area contributed by atoms with Crippen molar-refractivity contribution in [3.63, 3.8) is 0 Å². The largest absolute Gasteiger partial charge is 0.298 e. The van der Waals surface area contributed by atoms with E-state index in [0.29, 0.717) is 0 Å². The summed E-state index contributed by atoms with van der Waals surface area (Å²) in [6.45, 7) is 0. The molecule has 0 bridgehead atoms. The fraction of sp³-hybridized carbons (Fsp3) is 0.0833. The number of carbonyl (C=O) groups is 1. The molecule has 0 fully saturated rings. The molecular formula is C12H10OS2. The lowest BCUT2D eigenvalue weighted by molar-refractivity contribution is 0.112. The van der Waals surface area contributed by atoms with Crippen LogP contribution in [0.2, 0.25) is 0 Å². The van der Waals surface area contributed by atoms with Gasteiger partial charge in [-0.1, -0.05) is 12.1 Å². The zero-order valence-corrected chi connectivity index (χ0v) is 9.90. The van der Waals surface area contributed by atoms with Crippen LogP contribution < -0.4 is 0 Å². The smallest absolute Gasteiger partial charge is 0.151 e. The molecule has 0 aliphatic carbocycles. The molecule has 0 amide bonds. The predicted molar refractivity (Wildman–Crippen MR) is 66.9 cm³/mol. The van der Waals surface area contributed by atoms with Gasteiger partial charge in [0, 0.05) is 15.3 Å². The standard InChI is InChI=1S/C12H10OS2/c1-14-11-4-2-3-9(7-11)12-10(8-13)5-6-15-12/h2-8H,1H3. The fourth-order valence-corrected chi connectivity index (χ4v) is 2.74. The van der Waals surface area contributed by atoms with E-state index in [1.807, 2.05) is 29.8 Å². The average Bonchev–Trinajstić information content (AvgIpc) is 2.77. The summed E-state index contributed by atoms with van der Waals surface area (Å²) in [5, 5.41) is 1.95. The minimum atomic E-state index is 0.776. The number of benzene rings is 1. The SMILES string of the molecule is CSc1cccc(-c2sccc2C=O)c1. The third-order valence-corrected chi connectivity index (χ3v) is 3.86. The fourth-order valence-electron chi connectivity index (χ4n) is 1.41. The summed E-state index contributed by atoms with van der Waals surface area (Å²) in [6, 6.07) is 10.1. The number of hydrogen-bond donors (Lipinski definition) is 0. The second kappa shape index (κ2) is 4.64. The first-order valence-corrected chi connectivity index (χ1v) is 6.62. The Morgan fingerprint density at radius 1 is 1.33 bits per heavy atom. The quantitative estimate of drug-likeness (QED) is 0.591. The monoisotopic (exact) mass is 234 g/mol. The second-order valence-corrected chi connectivity index (χ2v) is 4.85. The summed E-state index contributed by atoms with van der Waals surface area (Å²) in [4.78, 5) is 13.1. The summed E-state index contributed by atoms with van der Waals surface area (Å²) in [5.74, 6) is 0. The summed E-state index contributed by atoms with van der Waals surface area (Å²) in [6.07, 6.45) is 2.96. The van der Waals surface area contributed by atoms with Gasteiger partial charge in [-0.05, 0) is 35.4 Å². The molecule has 0 unspecified atom stereocenters. The van der Waals surface area contributed by atoms with Gasteiger partial charge in [-0.3, -0.25) is 4.79 Å². The Hall–Kier alpha value is -1.06. The number of thiophene rings is 1. The van der Waals surface area contributed by atoms with Crippen LogP contribution in [0.4, 0.5) is 0 Å². The Labute approximate surface area is 97.1 Å². The third kappa shape index (κ3) is 2.13. The first kappa shape index (κ1) is 10.5. The molecule has 1 aromatic heterocycles. The van der Waals surface area contributed by atoms with E-state index in [2.05, 4.69) is 12.1 Å². The Morgan fingerprint density at radius 3 is 2.93 bits per heavy atom. The lowest BCUT2D eigenvalue weighted by Gasteiger charge is -2.01. The average molecular weight is 234 g/mol. The molecule has 2 aromatic rings. The van der Waals surface area contributed by atoms with Gasteiger partial charge in [0.25, 0.3) is 0 Å². The molecular weight excluding hydrogens is 224 g/mol. The van der Waals surface area contributed by atoms with Gasteiger partial charge in [0.05, 0.1) is 0 Å². The third-order valence-electron chi connectivity index (χ3n) is 2.15. The van der Waals surface area contributed by atoms with Crippen LogP contribution in [0.15, 0.2) is 40.6 Å². The van der Waals surface area contributed by atoms with Gasteiger partial charge in [0.2, 0.25) is 0 Å². The maximum Gasteiger partial charge on any atom is 0.151 e. The summed E-state index contributed by atoms with van der Waals surface area (Å²) >= 11 is 3.32. The molecule has 0 aliphatic heterocycles. The second-order valence-electron chi connectivity index (χ2n) is 3.05. The van der Waals surface area contributed by atoms with Crippen molar-refractivity contribution in [2.24, 2.45) is 0 Å². The molecule has 76 valence electrons. The van der Waals surface area contributed by atoms with Gasteiger partial charge in [-0.15, -0.1) is 23.1 Å². The zero-order valence-electron chi connectivity index (χ0n) is 8.27. The van der Waals surface area contributed by atoms with Crippen molar-refractivity contribution in [3.8, 4) is 10.4 Å². The highest BCUT2D eigenvalue weighted by atomic mass is 32.2. The van der Waals surface area contributed by atoms with Crippen LogP contribution >= 0.6 is 23.1 Å². The summed E-state index contributed by atoms with van der Waals surface area (Å²) < 4.78 is 0. The number of hydrogen-bond acceptors (Lipinski definition) is 3. The van der Waals surface area contributed by atoms with Gasteiger partial charge < -0.3 is 0 Å². The molecule has 1 heterocycles. The van der Waals surface area contributed by atoms with Crippen LogP contribution in [0.25, 0.3) is 10.4 Å². The van der Waals surface area contributed by atoms with Crippen molar-refractivity contribution >= 4 is 29.4 Å². The van der Waals surface area contributed by atoms with Crippen molar-refractivity contribution in [1.29, 1.82) is 0 Å². The Balaban J connectivity index is 2.48. The van der Waals surface area contributed by atoms with Crippen molar-refractivity contribution in [2.45, 2.75) is 4.90 Å². The molecule has 0 radical (unpaired) electrons. The van der Waals surface area contributed by atoms with E-state index in [0.717, 1.165) is 22.3 Å². The molecule has 0 saturated heterocycles. The minimum absolute atomic E-state index is 0.776. The van der Waals surface area contributed by atoms with E-state index < -0.39 is 0 Å². The Bertz CT molecular complexity index is 474. The number of aldehydes is 1. The number of carbonyl (C=O) groups excluding carboxylic acids is 1. The molecule has 15 heavy (non-hydrogen) atoms. The van der Waals surface area contributed by atoms with Crippen LogP contribution in [-0.2, 0) is 0 Å². The van der Waals surface area contributed by atoms with E-state index in [4.69, 9.17) is 0 Å². The Kier molecular flexibility index (Phi) is 3.23.